The summed E-state index contributed by atoms with van der Waals surface area (Å²) >= 11 is 0. The molecule has 6 heteroatoms. The molecule has 0 aromatic heterocycles. The lowest BCUT2D eigenvalue weighted by Crippen LogP contribution is -2.43. The molecule has 0 aromatic carbocycles. The minimum atomic E-state index is -0.476. The Morgan fingerprint density at radius 1 is 1.22 bits per heavy atom. The number of hydrogen-bond donors (Lipinski definition) is 2. The van der Waals surface area contributed by atoms with Crippen molar-refractivity contribution in [2.24, 2.45) is 0 Å². The summed E-state index contributed by atoms with van der Waals surface area (Å²) in [6.07, 6.45) is 6.78. The zero-order valence-corrected chi connectivity index (χ0v) is 10.4. The van der Waals surface area contributed by atoms with Crippen molar-refractivity contribution < 1.29 is 14.4 Å². The fraction of sp³-hybridized carbons (Fsp3) is 0.750. The van der Waals surface area contributed by atoms with Crippen LogP contribution in [0.4, 0.5) is 4.79 Å². The third-order valence-corrected chi connectivity index (χ3v) is 3.42. The van der Waals surface area contributed by atoms with Crippen LogP contribution in [0.5, 0.6) is 0 Å². The largest absolute Gasteiger partial charge is 0.352 e. The lowest BCUT2D eigenvalue weighted by molar-refractivity contribution is -0.122. The number of carbonyl (C=O) groups is 3. The van der Waals surface area contributed by atoms with Crippen molar-refractivity contribution in [3.8, 4) is 0 Å². The number of urea groups is 1. The van der Waals surface area contributed by atoms with Gasteiger partial charge in [0.1, 0.15) is 13.1 Å². The summed E-state index contributed by atoms with van der Waals surface area (Å²) in [5, 5.41) is 5.10. The smallest absolute Gasteiger partial charge is 0.325 e. The number of amides is 4. The van der Waals surface area contributed by atoms with Crippen molar-refractivity contribution >= 4 is 17.8 Å². The minimum absolute atomic E-state index is 0.0169. The van der Waals surface area contributed by atoms with E-state index in [0.29, 0.717) is 0 Å². The highest BCUT2D eigenvalue weighted by atomic mass is 16.2. The Balaban J connectivity index is 1.77. The lowest BCUT2D eigenvalue weighted by atomic mass is 10.1. The van der Waals surface area contributed by atoms with Crippen molar-refractivity contribution in [2.75, 3.05) is 13.1 Å². The van der Waals surface area contributed by atoms with Crippen molar-refractivity contribution in [1.82, 2.24) is 15.5 Å². The molecule has 100 valence electrons. The fourth-order valence-corrected chi connectivity index (χ4v) is 2.48. The van der Waals surface area contributed by atoms with Gasteiger partial charge in [-0.05, 0) is 12.8 Å². The lowest BCUT2D eigenvalue weighted by Gasteiger charge is -2.18. The molecule has 2 aliphatic rings. The minimum Gasteiger partial charge on any atom is -0.352 e. The van der Waals surface area contributed by atoms with Crippen LogP contribution < -0.4 is 10.6 Å². The number of hydrogen-bond acceptors (Lipinski definition) is 3. The predicted molar refractivity (Wildman–Crippen MR) is 64.7 cm³/mol. The molecular formula is C12H19N3O3. The number of imide groups is 1. The average molecular weight is 253 g/mol. The maximum Gasteiger partial charge on any atom is 0.325 e. The van der Waals surface area contributed by atoms with Crippen LogP contribution >= 0.6 is 0 Å². The highest BCUT2D eigenvalue weighted by Gasteiger charge is 2.28. The van der Waals surface area contributed by atoms with E-state index >= 15 is 0 Å². The number of carbonyl (C=O) groups excluding carboxylic acids is 3. The average Bonchev–Trinajstić information content (AvgIpc) is 2.54. The van der Waals surface area contributed by atoms with Gasteiger partial charge < -0.3 is 10.2 Å². The molecule has 1 heterocycles. The van der Waals surface area contributed by atoms with E-state index in [1.807, 2.05) is 0 Å². The Labute approximate surface area is 106 Å². The Bertz CT molecular complexity index is 348. The number of nitrogens with zero attached hydrogens (tertiary/aromatic N) is 1. The summed E-state index contributed by atoms with van der Waals surface area (Å²) < 4.78 is 0. The van der Waals surface area contributed by atoms with E-state index in [-0.39, 0.29) is 30.9 Å². The van der Waals surface area contributed by atoms with Crippen molar-refractivity contribution in [3.63, 3.8) is 0 Å². The van der Waals surface area contributed by atoms with Gasteiger partial charge in [-0.3, -0.25) is 14.9 Å². The SMILES string of the molecule is O=C1CN(CC(=O)NC2CCCCCC2)C(=O)N1. The van der Waals surface area contributed by atoms with Gasteiger partial charge in [-0.15, -0.1) is 0 Å². The second-order valence-electron chi connectivity index (χ2n) is 4.97. The van der Waals surface area contributed by atoms with Gasteiger partial charge in [-0.1, -0.05) is 25.7 Å². The molecule has 6 nitrogen and oxygen atoms in total. The van der Waals surface area contributed by atoms with Gasteiger partial charge in [0.25, 0.3) is 0 Å². The van der Waals surface area contributed by atoms with Crippen LogP contribution in [0.25, 0.3) is 0 Å². The molecular weight excluding hydrogens is 234 g/mol. The van der Waals surface area contributed by atoms with Gasteiger partial charge in [-0.25, -0.2) is 4.79 Å². The highest BCUT2D eigenvalue weighted by molar-refractivity contribution is 6.03. The maximum atomic E-state index is 11.8. The highest BCUT2D eigenvalue weighted by Crippen LogP contribution is 2.17. The van der Waals surface area contributed by atoms with E-state index in [1.165, 1.54) is 17.7 Å². The summed E-state index contributed by atoms with van der Waals surface area (Å²) in [6, 6.07) is -0.252. The molecule has 1 saturated heterocycles. The number of nitrogens with one attached hydrogen (secondary N) is 2. The van der Waals surface area contributed by atoms with Crippen LogP contribution in [-0.4, -0.2) is 41.9 Å². The van der Waals surface area contributed by atoms with Crippen LogP contribution in [0.3, 0.4) is 0 Å². The van der Waals surface area contributed by atoms with Gasteiger partial charge in [-0.2, -0.15) is 0 Å². The number of rotatable bonds is 3. The summed E-state index contributed by atoms with van der Waals surface area (Å²) in [6.45, 7) is -0.0506. The monoisotopic (exact) mass is 253 g/mol. The predicted octanol–water partition coefficient (Wildman–Crippen LogP) is 0.377. The first-order valence-corrected chi connectivity index (χ1v) is 6.53. The van der Waals surface area contributed by atoms with Crippen LogP contribution in [-0.2, 0) is 9.59 Å². The van der Waals surface area contributed by atoms with Gasteiger partial charge in [0, 0.05) is 6.04 Å². The Kier molecular flexibility index (Phi) is 4.17. The molecule has 0 atom stereocenters. The van der Waals surface area contributed by atoms with Crippen LogP contribution in [0, 0.1) is 0 Å². The molecule has 2 N–H and O–H groups in total. The molecule has 2 rings (SSSR count). The zero-order chi connectivity index (χ0) is 13.0. The van der Waals surface area contributed by atoms with E-state index in [9.17, 15) is 14.4 Å². The molecule has 1 aliphatic carbocycles. The Morgan fingerprint density at radius 2 is 1.89 bits per heavy atom. The molecule has 1 saturated carbocycles. The van der Waals surface area contributed by atoms with Crippen LogP contribution in [0.1, 0.15) is 38.5 Å². The molecule has 2 fully saturated rings. The normalized spacial score (nSPS) is 21.7. The molecule has 0 bridgehead atoms. The molecule has 0 aromatic rings. The first-order valence-electron chi connectivity index (χ1n) is 6.53. The molecule has 18 heavy (non-hydrogen) atoms. The quantitative estimate of drug-likeness (QED) is 0.563. The summed E-state index contributed by atoms with van der Waals surface area (Å²) in [5.74, 6) is -0.519. The van der Waals surface area contributed by atoms with E-state index in [1.54, 1.807) is 0 Å². The Morgan fingerprint density at radius 3 is 2.44 bits per heavy atom. The molecule has 4 amide bonds. The molecule has 0 radical (unpaired) electrons. The van der Waals surface area contributed by atoms with Gasteiger partial charge in [0.2, 0.25) is 11.8 Å². The van der Waals surface area contributed by atoms with E-state index < -0.39 is 6.03 Å². The third kappa shape index (κ3) is 3.45. The molecule has 0 unspecified atom stereocenters. The topological polar surface area (TPSA) is 78.5 Å². The molecule has 0 spiro atoms. The summed E-state index contributed by atoms with van der Waals surface area (Å²) in [7, 11) is 0. The van der Waals surface area contributed by atoms with E-state index in [4.69, 9.17) is 0 Å². The third-order valence-electron chi connectivity index (χ3n) is 3.42. The standard InChI is InChI=1S/C12H19N3O3/c16-10(7-15-8-11(17)14-12(15)18)13-9-5-3-1-2-4-6-9/h9H,1-8H2,(H,13,16)(H,14,17,18). The van der Waals surface area contributed by atoms with E-state index in [0.717, 1.165) is 25.7 Å². The van der Waals surface area contributed by atoms with E-state index in [2.05, 4.69) is 10.6 Å². The van der Waals surface area contributed by atoms with Crippen molar-refractivity contribution in [1.29, 1.82) is 0 Å². The second-order valence-corrected chi connectivity index (χ2v) is 4.97. The van der Waals surface area contributed by atoms with Gasteiger partial charge >= 0.3 is 6.03 Å². The molecule has 1 aliphatic heterocycles. The summed E-state index contributed by atoms with van der Waals surface area (Å²) in [4.78, 5) is 35.3. The first kappa shape index (κ1) is 12.9. The first-order chi connectivity index (χ1) is 8.65. The zero-order valence-electron chi connectivity index (χ0n) is 10.4. The van der Waals surface area contributed by atoms with Crippen molar-refractivity contribution in [2.45, 2.75) is 44.6 Å². The maximum absolute atomic E-state index is 11.8. The van der Waals surface area contributed by atoms with Crippen LogP contribution in [0.15, 0.2) is 0 Å². The van der Waals surface area contributed by atoms with Crippen molar-refractivity contribution in [3.05, 3.63) is 0 Å². The van der Waals surface area contributed by atoms with Gasteiger partial charge in [0.15, 0.2) is 0 Å². The van der Waals surface area contributed by atoms with Gasteiger partial charge in [0.05, 0.1) is 0 Å². The fourth-order valence-electron chi connectivity index (χ4n) is 2.48. The van der Waals surface area contributed by atoms with Crippen LogP contribution in [0.2, 0.25) is 0 Å². The summed E-state index contributed by atoms with van der Waals surface area (Å²) in [5.41, 5.74) is 0. The Hall–Kier alpha value is -1.59. The second kappa shape index (κ2) is 5.84.